The van der Waals surface area contributed by atoms with Gasteiger partial charge < -0.3 is 20.1 Å². The molecule has 0 aliphatic carbocycles. The zero-order valence-electron chi connectivity index (χ0n) is 16.1. The lowest BCUT2D eigenvalue weighted by Gasteiger charge is -2.30. The van der Waals surface area contributed by atoms with Crippen LogP contribution in [0.4, 0.5) is 9.18 Å². The Kier molecular flexibility index (Phi) is 7.18. The highest BCUT2D eigenvalue weighted by molar-refractivity contribution is 5.94. The number of carbonyl (C=O) groups excluding carboxylic acids is 2. The highest BCUT2D eigenvalue weighted by atomic mass is 19.1. The molecular formula is C19H26FN3O4. The Morgan fingerprint density at radius 2 is 2.04 bits per heavy atom. The smallest absolute Gasteiger partial charge is 0.337 e. The lowest BCUT2D eigenvalue weighted by molar-refractivity contribution is -0.139. The van der Waals surface area contributed by atoms with Crippen molar-refractivity contribution >= 4 is 12.0 Å². The number of urea groups is 1. The Labute approximate surface area is 158 Å². The largest absolute Gasteiger partial charge is 0.494 e. The summed E-state index contributed by atoms with van der Waals surface area (Å²) in [7, 11) is 3.24. The van der Waals surface area contributed by atoms with Crippen molar-refractivity contribution in [3.8, 4) is 5.75 Å². The van der Waals surface area contributed by atoms with E-state index in [1.807, 2.05) is 18.9 Å². The molecule has 0 radical (unpaired) electrons. The maximum Gasteiger partial charge on any atom is 0.337 e. The lowest BCUT2D eigenvalue weighted by atomic mass is 10.00. The molecule has 2 amide bonds. The Morgan fingerprint density at radius 3 is 2.63 bits per heavy atom. The molecule has 148 valence electrons. The highest BCUT2D eigenvalue weighted by Gasteiger charge is 2.31. The molecule has 0 saturated carbocycles. The van der Waals surface area contributed by atoms with Gasteiger partial charge in [-0.3, -0.25) is 4.90 Å². The van der Waals surface area contributed by atoms with Crippen molar-refractivity contribution in [1.29, 1.82) is 0 Å². The predicted octanol–water partition coefficient (Wildman–Crippen LogP) is 2.17. The number of benzene rings is 1. The third-order valence-corrected chi connectivity index (χ3v) is 4.24. The number of esters is 1. The van der Waals surface area contributed by atoms with Gasteiger partial charge in [0.15, 0.2) is 11.6 Å². The summed E-state index contributed by atoms with van der Waals surface area (Å²) in [5, 5.41) is 5.45. The van der Waals surface area contributed by atoms with Crippen LogP contribution in [0.1, 0.15) is 25.8 Å². The van der Waals surface area contributed by atoms with Crippen LogP contribution in [-0.4, -0.2) is 50.3 Å². The van der Waals surface area contributed by atoms with Crippen LogP contribution in [0.5, 0.6) is 5.75 Å². The van der Waals surface area contributed by atoms with E-state index in [1.165, 1.54) is 13.2 Å². The monoisotopic (exact) mass is 379 g/mol. The van der Waals surface area contributed by atoms with Gasteiger partial charge in [0.25, 0.3) is 0 Å². The van der Waals surface area contributed by atoms with E-state index < -0.39 is 17.8 Å². The Morgan fingerprint density at radius 1 is 1.30 bits per heavy atom. The minimum atomic E-state index is -0.448. The Bertz CT molecular complexity index is 736. The number of amides is 2. The van der Waals surface area contributed by atoms with E-state index in [-0.39, 0.29) is 18.4 Å². The Hall–Kier alpha value is -2.61. The molecule has 27 heavy (non-hydrogen) atoms. The van der Waals surface area contributed by atoms with Crippen molar-refractivity contribution in [2.24, 2.45) is 0 Å². The summed E-state index contributed by atoms with van der Waals surface area (Å²) in [6, 6.07) is 4.00. The van der Waals surface area contributed by atoms with Gasteiger partial charge in [-0.2, -0.15) is 0 Å². The number of halogens is 1. The number of carbonyl (C=O) groups is 2. The van der Waals surface area contributed by atoms with E-state index in [1.54, 1.807) is 19.1 Å². The summed E-state index contributed by atoms with van der Waals surface area (Å²) in [6.07, 6.45) is 0.568. The van der Waals surface area contributed by atoms with Gasteiger partial charge in [0, 0.05) is 18.8 Å². The van der Waals surface area contributed by atoms with E-state index in [0.717, 1.165) is 5.56 Å². The second-order valence-corrected chi connectivity index (χ2v) is 6.31. The first-order valence-electron chi connectivity index (χ1n) is 8.88. The number of ether oxygens (including phenoxy) is 2. The number of rotatable bonds is 8. The van der Waals surface area contributed by atoms with Gasteiger partial charge >= 0.3 is 12.0 Å². The summed E-state index contributed by atoms with van der Waals surface area (Å²) in [6.45, 7) is 4.61. The van der Waals surface area contributed by atoms with Crippen LogP contribution >= 0.6 is 0 Å². The molecule has 1 aromatic carbocycles. The average Bonchev–Trinajstić information content (AvgIpc) is 2.61. The number of hydrogen-bond donors (Lipinski definition) is 2. The SMILES string of the molecule is CCOC(=O)C1=C(CN(C)Cc2ccc(OC)c(F)c2)NC(=O)N[C@H]1CC. The van der Waals surface area contributed by atoms with Crippen molar-refractivity contribution < 1.29 is 23.5 Å². The van der Waals surface area contributed by atoms with E-state index in [4.69, 9.17) is 9.47 Å². The fourth-order valence-corrected chi connectivity index (χ4v) is 3.03. The maximum atomic E-state index is 13.9. The van der Waals surface area contributed by atoms with Gasteiger partial charge in [-0.15, -0.1) is 0 Å². The second-order valence-electron chi connectivity index (χ2n) is 6.31. The molecule has 1 aromatic rings. The zero-order chi connectivity index (χ0) is 20.0. The van der Waals surface area contributed by atoms with Crippen LogP contribution in [-0.2, 0) is 16.1 Å². The molecule has 1 aliphatic heterocycles. The number of methoxy groups -OCH3 is 1. The number of nitrogens with zero attached hydrogens (tertiary/aromatic N) is 1. The van der Waals surface area contributed by atoms with Crippen LogP contribution in [0.15, 0.2) is 29.5 Å². The first kappa shape index (κ1) is 20.7. The fraction of sp³-hybridized carbons (Fsp3) is 0.474. The zero-order valence-corrected chi connectivity index (χ0v) is 16.1. The minimum absolute atomic E-state index is 0.185. The molecular weight excluding hydrogens is 353 g/mol. The molecule has 0 aromatic heterocycles. The summed E-state index contributed by atoms with van der Waals surface area (Å²) in [5.41, 5.74) is 1.67. The van der Waals surface area contributed by atoms with Crippen LogP contribution in [0, 0.1) is 5.82 Å². The normalized spacial score (nSPS) is 16.8. The molecule has 2 N–H and O–H groups in total. The Balaban J connectivity index is 2.20. The van der Waals surface area contributed by atoms with Crippen molar-refractivity contribution in [2.45, 2.75) is 32.9 Å². The quantitative estimate of drug-likeness (QED) is 0.677. The maximum absolute atomic E-state index is 13.9. The topological polar surface area (TPSA) is 79.9 Å². The standard InChI is InChI=1S/C19H26FN3O4/c1-5-14-17(18(24)27-6-2)15(22-19(25)21-14)11-23(3)10-12-7-8-16(26-4)13(20)9-12/h7-9,14H,5-6,10-11H2,1-4H3,(H2,21,22,25)/t14-/m0/s1. The number of nitrogens with one attached hydrogen (secondary N) is 2. The molecule has 0 bridgehead atoms. The molecule has 8 heteroatoms. The van der Waals surface area contributed by atoms with Crippen LogP contribution in [0.3, 0.4) is 0 Å². The van der Waals surface area contributed by atoms with Gasteiger partial charge in [0.1, 0.15) is 0 Å². The van der Waals surface area contributed by atoms with Gasteiger partial charge in [-0.05, 0) is 38.1 Å². The first-order valence-corrected chi connectivity index (χ1v) is 8.88. The average molecular weight is 379 g/mol. The van der Waals surface area contributed by atoms with E-state index in [0.29, 0.717) is 30.8 Å². The van der Waals surface area contributed by atoms with Crippen molar-refractivity contribution in [1.82, 2.24) is 15.5 Å². The van der Waals surface area contributed by atoms with Crippen molar-refractivity contribution in [3.63, 3.8) is 0 Å². The summed E-state index contributed by atoms with van der Waals surface area (Å²) < 4.78 is 24.0. The predicted molar refractivity (Wildman–Crippen MR) is 98.7 cm³/mol. The van der Waals surface area contributed by atoms with Gasteiger partial charge in [0.05, 0.1) is 25.3 Å². The van der Waals surface area contributed by atoms with Gasteiger partial charge in [-0.1, -0.05) is 13.0 Å². The van der Waals surface area contributed by atoms with Crippen LogP contribution in [0.25, 0.3) is 0 Å². The lowest BCUT2D eigenvalue weighted by Crippen LogP contribution is -2.51. The van der Waals surface area contributed by atoms with E-state index in [9.17, 15) is 14.0 Å². The summed E-state index contributed by atoms with van der Waals surface area (Å²) >= 11 is 0. The van der Waals surface area contributed by atoms with E-state index in [2.05, 4.69) is 10.6 Å². The van der Waals surface area contributed by atoms with Crippen molar-refractivity contribution in [2.75, 3.05) is 27.3 Å². The van der Waals surface area contributed by atoms with Crippen LogP contribution in [0.2, 0.25) is 0 Å². The summed E-state index contributed by atoms with van der Waals surface area (Å²) in [4.78, 5) is 26.2. The summed E-state index contributed by atoms with van der Waals surface area (Å²) in [5.74, 6) is -0.697. The molecule has 1 heterocycles. The highest BCUT2D eigenvalue weighted by Crippen LogP contribution is 2.20. The molecule has 0 fully saturated rings. The third-order valence-electron chi connectivity index (χ3n) is 4.24. The van der Waals surface area contributed by atoms with Gasteiger partial charge in [-0.25, -0.2) is 14.0 Å². The van der Waals surface area contributed by atoms with Gasteiger partial charge in [0.2, 0.25) is 0 Å². The molecule has 1 aliphatic rings. The third kappa shape index (κ3) is 5.19. The molecule has 0 unspecified atom stereocenters. The van der Waals surface area contributed by atoms with E-state index >= 15 is 0 Å². The molecule has 2 rings (SSSR count). The fourth-order valence-electron chi connectivity index (χ4n) is 3.03. The molecule has 7 nitrogen and oxygen atoms in total. The second kappa shape index (κ2) is 9.36. The molecule has 0 saturated heterocycles. The first-order chi connectivity index (χ1) is 12.9. The molecule has 0 spiro atoms. The van der Waals surface area contributed by atoms with Crippen molar-refractivity contribution in [3.05, 3.63) is 40.8 Å². The number of likely N-dealkylation sites (N-methyl/N-ethyl adjacent to an activating group) is 1. The number of hydrogen-bond acceptors (Lipinski definition) is 5. The molecule has 1 atom stereocenters. The minimum Gasteiger partial charge on any atom is -0.494 e. The van der Waals surface area contributed by atoms with Crippen LogP contribution < -0.4 is 15.4 Å².